The maximum Gasteiger partial charge on any atom is 0.270 e. The number of nitrogens with zero attached hydrogens (tertiary/aromatic N) is 2. The Morgan fingerprint density at radius 3 is 2.61 bits per heavy atom. The number of hydrogen-bond acceptors (Lipinski definition) is 4. The molecule has 6 heteroatoms. The highest BCUT2D eigenvalue weighted by Crippen LogP contribution is 2.46. The van der Waals surface area contributed by atoms with Crippen LogP contribution in [0.25, 0.3) is 0 Å². The topological polar surface area (TPSA) is 66.6 Å². The lowest BCUT2D eigenvalue weighted by Crippen LogP contribution is -2.63. The van der Waals surface area contributed by atoms with Gasteiger partial charge in [-0.15, -0.1) is 0 Å². The number of nitro benzene ring substituents is 1. The summed E-state index contributed by atoms with van der Waals surface area (Å²) in [6.07, 6.45) is 2.25. The van der Waals surface area contributed by atoms with Crippen LogP contribution in [0.5, 0.6) is 0 Å². The summed E-state index contributed by atoms with van der Waals surface area (Å²) in [5, 5.41) is 20.9. The standard InChI is InChI=1S/C12H13IN2O3/c13-10-5-9(15(17)18)3-4-11(10)14-6-12(16,7-14)8-1-2-8/h3-5,8,16H,1-2,6-7H2. The van der Waals surface area contributed by atoms with Crippen LogP contribution in [0, 0.1) is 19.6 Å². The molecule has 0 atom stereocenters. The molecule has 3 rings (SSSR count). The van der Waals surface area contributed by atoms with Gasteiger partial charge in [0.2, 0.25) is 0 Å². The van der Waals surface area contributed by atoms with Crippen molar-refractivity contribution in [2.75, 3.05) is 18.0 Å². The molecule has 1 aromatic carbocycles. The zero-order chi connectivity index (χ0) is 12.9. The molecule has 0 bridgehead atoms. The van der Waals surface area contributed by atoms with Gasteiger partial charge in [-0.25, -0.2) is 0 Å². The minimum Gasteiger partial charge on any atom is -0.386 e. The van der Waals surface area contributed by atoms with E-state index < -0.39 is 5.60 Å². The summed E-state index contributed by atoms with van der Waals surface area (Å²) in [5.74, 6) is 0.462. The molecule has 1 aliphatic heterocycles. The SMILES string of the molecule is O=[N+]([O-])c1ccc(N2CC(O)(C3CC3)C2)c(I)c1. The Morgan fingerprint density at radius 1 is 1.44 bits per heavy atom. The Balaban J connectivity index is 1.76. The van der Waals surface area contributed by atoms with Crippen molar-refractivity contribution in [2.45, 2.75) is 18.4 Å². The Labute approximate surface area is 118 Å². The largest absolute Gasteiger partial charge is 0.386 e. The van der Waals surface area contributed by atoms with Gasteiger partial charge in [-0.05, 0) is 47.4 Å². The third-order valence-corrected chi connectivity index (χ3v) is 4.61. The molecule has 1 saturated carbocycles. The van der Waals surface area contributed by atoms with Crippen molar-refractivity contribution in [3.63, 3.8) is 0 Å². The van der Waals surface area contributed by atoms with Crippen molar-refractivity contribution in [1.29, 1.82) is 0 Å². The lowest BCUT2D eigenvalue weighted by molar-refractivity contribution is -0.384. The first-order valence-corrected chi connectivity index (χ1v) is 6.99. The van der Waals surface area contributed by atoms with Gasteiger partial charge < -0.3 is 10.0 Å². The van der Waals surface area contributed by atoms with Gasteiger partial charge in [0.05, 0.1) is 10.6 Å². The number of β-amino-alcohol motifs (C(OH)–C–C–N with tert-alkyl or cyclic N) is 1. The van der Waals surface area contributed by atoms with E-state index in [-0.39, 0.29) is 10.6 Å². The molecule has 1 aliphatic carbocycles. The second kappa shape index (κ2) is 4.06. The minimum atomic E-state index is -0.523. The van der Waals surface area contributed by atoms with Crippen LogP contribution in [0.3, 0.4) is 0 Å². The van der Waals surface area contributed by atoms with E-state index in [9.17, 15) is 15.2 Å². The molecule has 2 aliphatic rings. The third-order valence-electron chi connectivity index (χ3n) is 3.75. The van der Waals surface area contributed by atoms with E-state index in [2.05, 4.69) is 27.5 Å². The summed E-state index contributed by atoms with van der Waals surface area (Å²) in [6, 6.07) is 4.86. The van der Waals surface area contributed by atoms with Crippen LogP contribution in [0.4, 0.5) is 11.4 Å². The number of hydrogen-bond donors (Lipinski definition) is 1. The highest BCUT2D eigenvalue weighted by atomic mass is 127. The molecule has 0 amide bonds. The Morgan fingerprint density at radius 2 is 2.11 bits per heavy atom. The molecule has 1 N–H and O–H groups in total. The van der Waals surface area contributed by atoms with Crippen molar-refractivity contribution in [1.82, 2.24) is 0 Å². The second-order valence-electron chi connectivity index (χ2n) is 5.13. The van der Waals surface area contributed by atoms with Gasteiger partial charge in [0.1, 0.15) is 5.60 Å². The summed E-state index contributed by atoms with van der Waals surface area (Å²) < 4.78 is 0.861. The molecular weight excluding hydrogens is 347 g/mol. The van der Waals surface area contributed by atoms with Crippen molar-refractivity contribution in [3.05, 3.63) is 31.9 Å². The van der Waals surface area contributed by atoms with Gasteiger partial charge in [-0.1, -0.05) is 0 Å². The maximum atomic E-state index is 10.7. The number of anilines is 1. The number of aliphatic hydroxyl groups is 1. The van der Waals surface area contributed by atoms with E-state index in [0.717, 1.165) is 22.1 Å². The van der Waals surface area contributed by atoms with E-state index in [1.165, 1.54) is 6.07 Å². The first-order chi connectivity index (χ1) is 8.49. The Kier molecular flexibility index (Phi) is 2.74. The van der Waals surface area contributed by atoms with E-state index in [1.807, 2.05) is 0 Å². The van der Waals surface area contributed by atoms with E-state index in [0.29, 0.717) is 19.0 Å². The van der Waals surface area contributed by atoms with E-state index in [4.69, 9.17) is 0 Å². The number of benzene rings is 1. The van der Waals surface area contributed by atoms with E-state index in [1.54, 1.807) is 12.1 Å². The smallest absolute Gasteiger partial charge is 0.270 e. The van der Waals surface area contributed by atoms with Crippen LogP contribution in [0.2, 0.25) is 0 Å². The molecule has 5 nitrogen and oxygen atoms in total. The van der Waals surface area contributed by atoms with E-state index >= 15 is 0 Å². The van der Waals surface area contributed by atoms with Crippen molar-refractivity contribution in [3.8, 4) is 0 Å². The predicted octanol–water partition coefficient (Wildman–Crippen LogP) is 2.16. The molecule has 2 fully saturated rings. The summed E-state index contributed by atoms with van der Waals surface area (Å²) in [4.78, 5) is 12.4. The molecule has 1 aromatic rings. The molecule has 0 unspecified atom stereocenters. The fourth-order valence-corrected chi connectivity index (χ4v) is 3.37. The summed E-state index contributed by atoms with van der Waals surface area (Å²) in [7, 11) is 0. The minimum absolute atomic E-state index is 0.112. The predicted molar refractivity (Wildman–Crippen MR) is 75.7 cm³/mol. The zero-order valence-electron chi connectivity index (χ0n) is 9.67. The number of nitro groups is 1. The molecule has 0 aromatic heterocycles. The normalized spacial score (nSPS) is 21.6. The lowest BCUT2D eigenvalue weighted by Gasteiger charge is -2.48. The van der Waals surface area contributed by atoms with Crippen LogP contribution in [-0.4, -0.2) is 28.7 Å². The van der Waals surface area contributed by atoms with Crippen molar-refractivity contribution in [2.24, 2.45) is 5.92 Å². The molecule has 1 heterocycles. The zero-order valence-corrected chi connectivity index (χ0v) is 11.8. The molecule has 1 saturated heterocycles. The fraction of sp³-hybridized carbons (Fsp3) is 0.500. The van der Waals surface area contributed by atoms with Gasteiger partial charge in [0, 0.05) is 28.8 Å². The molecule has 0 spiro atoms. The van der Waals surface area contributed by atoms with Gasteiger partial charge >= 0.3 is 0 Å². The Bertz CT molecular complexity index is 510. The average Bonchev–Trinajstić information content (AvgIpc) is 3.09. The van der Waals surface area contributed by atoms with Crippen molar-refractivity contribution >= 4 is 34.0 Å². The molecular formula is C12H13IN2O3. The first kappa shape index (κ1) is 12.2. The van der Waals surface area contributed by atoms with Crippen molar-refractivity contribution < 1.29 is 10.0 Å². The highest BCUT2D eigenvalue weighted by molar-refractivity contribution is 14.1. The van der Waals surface area contributed by atoms with Gasteiger partial charge in [-0.3, -0.25) is 10.1 Å². The molecule has 0 radical (unpaired) electrons. The number of halogens is 1. The van der Waals surface area contributed by atoms with Crippen LogP contribution in [0.1, 0.15) is 12.8 Å². The summed E-state index contributed by atoms with van der Waals surface area (Å²) in [6.45, 7) is 1.29. The van der Waals surface area contributed by atoms with Crippen LogP contribution >= 0.6 is 22.6 Å². The van der Waals surface area contributed by atoms with Crippen LogP contribution < -0.4 is 4.90 Å². The van der Waals surface area contributed by atoms with Crippen LogP contribution in [-0.2, 0) is 0 Å². The summed E-state index contributed by atoms with van der Waals surface area (Å²) in [5.41, 5.74) is 0.567. The average molecular weight is 360 g/mol. The Hall–Kier alpha value is -0.890. The number of rotatable bonds is 3. The monoisotopic (exact) mass is 360 g/mol. The number of non-ortho nitro benzene ring substituents is 1. The molecule has 96 valence electrons. The highest BCUT2D eigenvalue weighted by Gasteiger charge is 2.52. The maximum absolute atomic E-state index is 10.7. The first-order valence-electron chi connectivity index (χ1n) is 5.91. The van der Waals surface area contributed by atoms with Crippen LogP contribution in [0.15, 0.2) is 18.2 Å². The summed E-state index contributed by atoms with van der Waals surface area (Å²) >= 11 is 2.11. The van der Waals surface area contributed by atoms with Gasteiger partial charge in [-0.2, -0.15) is 0 Å². The molecule has 18 heavy (non-hydrogen) atoms. The van der Waals surface area contributed by atoms with Gasteiger partial charge in [0.15, 0.2) is 0 Å². The third kappa shape index (κ3) is 1.97. The fourth-order valence-electron chi connectivity index (χ4n) is 2.53. The quantitative estimate of drug-likeness (QED) is 0.510. The van der Waals surface area contributed by atoms with Gasteiger partial charge in [0.25, 0.3) is 5.69 Å². The second-order valence-corrected chi connectivity index (χ2v) is 6.29. The lowest BCUT2D eigenvalue weighted by atomic mass is 9.88.